The van der Waals surface area contributed by atoms with Gasteiger partial charge in [0.25, 0.3) is 0 Å². The van der Waals surface area contributed by atoms with Crippen LogP contribution in [-0.2, 0) is 9.53 Å². The van der Waals surface area contributed by atoms with E-state index in [9.17, 15) is 4.79 Å². The lowest BCUT2D eigenvalue weighted by atomic mass is 10.1. The molecular weight excluding hydrogens is 310 g/mol. The smallest absolute Gasteiger partial charge is 0.347 e. The Balaban J connectivity index is 2.89. The average Bonchev–Trinajstić information content (AvgIpc) is 2.39. The van der Waals surface area contributed by atoms with Crippen LogP contribution in [0.25, 0.3) is 0 Å². The lowest BCUT2D eigenvalue weighted by Crippen LogP contribution is -2.28. The summed E-state index contributed by atoms with van der Waals surface area (Å²) in [5.74, 6) is -0.113. The second kappa shape index (κ2) is 7.83. The quantitative estimate of drug-likeness (QED) is 0.559. The Morgan fingerprint density at radius 3 is 2.42 bits per heavy atom. The maximum absolute atomic E-state index is 11.6. The topological polar surface area (TPSA) is 35.5 Å². The third-order valence-electron chi connectivity index (χ3n) is 2.53. The van der Waals surface area contributed by atoms with E-state index >= 15 is 0 Å². The molecule has 0 saturated heterocycles. The van der Waals surface area contributed by atoms with Gasteiger partial charge in [0.15, 0.2) is 6.10 Å². The van der Waals surface area contributed by atoms with E-state index in [1.807, 2.05) is 6.92 Å². The molecule has 0 aliphatic rings. The third kappa shape index (κ3) is 4.75. The summed E-state index contributed by atoms with van der Waals surface area (Å²) in [7, 11) is 1.32. The zero-order chi connectivity index (χ0) is 14.4. The van der Waals surface area contributed by atoms with Crippen LogP contribution in [-0.4, -0.2) is 19.2 Å². The average molecular weight is 326 g/mol. The first kappa shape index (κ1) is 16.4. The summed E-state index contributed by atoms with van der Waals surface area (Å²) in [4.78, 5) is 11.6. The van der Waals surface area contributed by atoms with Crippen molar-refractivity contribution in [2.24, 2.45) is 0 Å². The highest BCUT2D eigenvalue weighted by atomic mass is 35.5. The van der Waals surface area contributed by atoms with Crippen LogP contribution >= 0.6 is 34.8 Å². The van der Waals surface area contributed by atoms with Crippen molar-refractivity contribution in [3.05, 3.63) is 27.2 Å². The van der Waals surface area contributed by atoms with E-state index in [0.717, 1.165) is 12.8 Å². The van der Waals surface area contributed by atoms with Gasteiger partial charge < -0.3 is 9.47 Å². The number of carbonyl (C=O) groups excluding carboxylic acids is 1. The van der Waals surface area contributed by atoms with Gasteiger partial charge in [0, 0.05) is 6.07 Å². The minimum atomic E-state index is -0.695. The first-order chi connectivity index (χ1) is 8.99. The molecule has 0 radical (unpaired) electrons. The van der Waals surface area contributed by atoms with Crippen molar-refractivity contribution in [3.63, 3.8) is 0 Å². The first-order valence-corrected chi connectivity index (χ1v) is 7.02. The summed E-state index contributed by atoms with van der Waals surface area (Å²) in [6.45, 7) is 2.03. The molecule has 0 N–H and O–H groups in total. The Bertz CT molecular complexity index is 449. The van der Waals surface area contributed by atoms with E-state index in [0.29, 0.717) is 27.2 Å². The highest BCUT2D eigenvalue weighted by Gasteiger charge is 2.22. The van der Waals surface area contributed by atoms with E-state index in [-0.39, 0.29) is 0 Å². The number of benzene rings is 1. The number of rotatable bonds is 6. The summed E-state index contributed by atoms with van der Waals surface area (Å²) in [6.07, 6.45) is 1.66. The summed E-state index contributed by atoms with van der Waals surface area (Å²) in [5.41, 5.74) is 0. The van der Waals surface area contributed by atoms with Crippen LogP contribution in [0.5, 0.6) is 5.75 Å². The Morgan fingerprint density at radius 2 is 1.84 bits per heavy atom. The number of esters is 1. The zero-order valence-corrected chi connectivity index (χ0v) is 13.0. The molecule has 0 heterocycles. The maximum Gasteiger partial charge on any atom is 0.347 e. The van der Waals surface area contributed by atoms with Crippen LogP contribution < -0.4 is 4.74 Å². The van der Waals surface area contributed by atoms with Gasteiger partial charge >= 0.3 is 5.97 Å². The summed E-state index contributed by atoms with van der Waals surface area (Å²) in [6, 6.07) is 2.98. The molecule has 1 atom stereocenters. The zero-order valence-electron chi connectivity index (χ0n) is 10.7. The standard InChI is InChI=1S/C13H15Cl3O3/c1-3-4-5-11(13(17)18-2)19-12-7-9(15)8(14)6-10(12)16/h6-7,11H,3-5H2,1-2H3. The van der Waals surface area contributed by atoms with Gasteiger partial charge in [0.05, 0.1) is 22.2 Å². The van der Waals surface area contributed by atoms with Crippen molar-refractivity contribution in [1.82, 2.24) is 0 Å². The molecule has 0 aliphatic heterocycles. The van der Waals surface area contributed by atoms with Gasteiger partial charge in [-0.25, -0.2) is 4.79 Å². The van der Waals surface area contributed by atoms with Crippen LogP contribution in [0.4, 0.5) is 0 Å². The molecule has 0 saturated carbocycles. The molecule has 106 valence electrons. The molecule has 0 bridgehead atoms. The van der Waals surface area contributed by atoms with Gasteiger partial charge in [0.1, 0.15) is 5.75 Å². The predicted molar refractivity (Wildman–Crippen MR) is 77.4 cm³/mol. The first-order valence-electron chi connectivity index (χ1n) is 5.88. The highest BCUT2D eigenvalue weighted by Crippen LogP contribution is 2.34. The van der Waals surface area contributed by atoms with Crippen molar-refractivity contribution in [1.29, 1.82) is 0 Å². The molecule has 0 fully saturated rings. The minimum Gasteiger partial charge on any atom is -0.477 e. The number of halogens is 3. The lowest BCUT2D eigenvalue weighted by molar-refractivity contribution is -0.149. The number of methoxy groups -OCH3 is 1. The molecule has 0 amide bonds. The maximum atomic E-state index is 11.6. The Morgan fingerprint density at radius 1 is 1.21 bits per heavy atom. The molecule has 0 aromatic heterocycles. The normalized spacial score (nSPS) is 12.1. The fourth-order valence-corrected chi connectivity index (χ4v) is 2.08. The number of hydrogen-bond acceptors (Lipinski definition) is 3. The molecule has 0 spiro atoms. The third-order valence-corrected chi connectivity index (χ3v) is 3.55. The molecular formula is C13H15Cl3O3. The fraction of sp³-hybridized carbons (Fsp3) is 0.462. The Labute approximate surface area is 127 Å². The van der Waals surface area contributed by atoms with Gasteiger partial charge in [0.2, 0.25) is 0 Å². The molecule has 19 heavy (non-hydrogen) atoms. The monoisotopic (exact) mass is 324 g/mol. The summed E-state index contributed by atoms with van der Waals surface area (Å²) in [5, 5.41) is 0.960. The molecule has 0 aliphatic carbocycles. The van der Waals surface area contributed by atoms with E-state index in [1.165, 1.54) is 19.2 Å². The molecule has 1 aromatic rings. The van der Waals surface area contributed by atoms with Crippen molar-refractivity contribution >= 4 is 40.8 Å². The van der Waals surface area contributed by atoms with Gasteiger partial charge in [-0.3, -0.25) is 0 Å². The van der Waals surface area contributed by atoms with E-state index < -0.39 is 12.1 Å². The van der Waals surface area contributed by atoms with Crippen LogP contribution in [0.3, 0.4) is 0 Å². The largest absolute Gasteiger partial charge is 0.477 e. The van der Waals surface area contributed by atoms with Crippen molar-refractivity contribution in [2.75, 3.05) is 7.11 Å². The second-order valence-corrected chi connectivity index (χ2v) is 5.19. The fourth-order valence-electron chi connectivity index (χ4n) is 1.49. The SMILES string of the molecule is CCCCC(Oc1cc(Cl)c(Cl)cc1Cl)C(=O)OC. The van der Waals surface area contributed by atoms with Crippen LogP contribution in [0, 0.1) is 0 Å². The van der Waals surface area contributed by atoms with Gasteiger partial charge in [-0.1, -0.05) is 48.1 Å². The number of hydrogen-bond donors (Lipinski definition) is 0. The Kier molecular flexibility index (Phi) is 6.76. The van der Waals surface area contributed by atoms with E-state index in [4.69, 9.17) is 44.3 Å². The van der Waals surface area contributed by atoms with Crippen LogP contribution in [0.1, 0.15) is 26.2 Å². The molecule has 1 rings (SSSR count). The van der Waals surface area contributed by atoms with Crippen LogP contribution in [0.2, 0.25) is 15.1 Å². The second-order valence-electron chi connectivity index (χ2n) is 3.97. The highest BCUT2D eigenvalue weighted by molar-refractivity contribution is 6.43. The van der Waals surface area contributed by atoms with Crippen molar-refractivity contribution < 1.29 is 14.3 Å². The molecule has 6 heteroatoms. The summed E-state index contributed by atoms with van der Waals surface area (Å²) >= 11 is 17.7. The summed E-state index contributed by atoms with van der Waals surface area (Å²) < 4.78 is 10.3. The molecule has 3 nitrogen and oxygen atoms in total. The van der Waals surface area contributed by atoms with Gasteiger partial charge in [-0.15, -0.1) is 0 Å². The van der Waals surface area contributed by atoms with Gasteiger partial charge in [-0.05, 0) is 18.9 Å². The Hall–Kier alpha value is -0.640. The minimum absolute atomic E-state index is 0.305. The van der Waals surface area contributed by atoms with E-state index in [1.54, 1.807) is 0 Å². The van der Waals surface area contributed by atoms with E-state index in [2.05, 4.69) is 0 Å². The van der Waals surface area contributed by atoms with Crippen molar-refractivity contribution in [3.8, 4) is 5.75 Å². The molecule has 1 aromatic carbocycles. The predicted octanol–water partition coefficient (Wildman–Crippen LogP) is 4.76. The number of unbranched alkanes of at least 4 members (excludes halogenated alkanes) is 1. The van der Waals surface area contributed by atoms with Crippen LogP contribution in [0.15, 0.2) is 12.1 Å². The number of ether oxygens (including phenoxy) is 2. The van der Waals surface area contributed by atoms with Gasteiger partial charge in [-0.2, -0.15) is 0 Å². The number of carbonyl (C=O) groups is 1. The molecule has 1 unspecified atom stereocenters. The lowest BCUT2D eigenvalue weighted by Gasteiger charge is -2.18. The van der Waals surface area contributed by atoms with Crippen molar-refractivity contribution in [2.45, 2.75) is 32.3 Å².